The Bertz CT molecular complexity index is 435. The van der Waals surface area contributed by atoms with E-state index in [-0.39, 0.29) is 5.56 Å². The normalized spacial score (nSPS) is 11.1. The molecule has 1 rings (SSSR count). The Morgan fingerprint density at radius 2 is 2.00 bits per heavy atom. The summed E-state index contributed by atoms with van der Waals surface area (Å²) < 4.78 is 37.3. The van der Waals surface area contributed by atoms with E-state index in [4.69, 9.17) is 11.0 Å². The number of nitriles is 1. The predicted octanol–water partition coefficient (Wildman–Crippen LogP) is 2.73. The van der Waals surface area contributed by atoms with Crippen molar-refractivity contribution in [1.29, 1.82) is 5.26 Å². The van der Waals surface area contributed by atoms with Crippen molar-refractivity contribution < 1.29 is 13.2 Å². The maximum absolute atomic E-state index is 12.4. The van der Waals surface area contributed by atoms with Gasteiger partial charge in [-0.25, -0.2) is 0 Å². The van der Waals surface area contributed by atoms with Gasteiger partial charge in [-0.15, -0.1) is 0 Å². The molecule has 0 saturated carbocycles. The standard InChI is InChI=1S/C12H14F3N3/c13-12(14,15)10-3-4-11(9(7-10)8-17)18-6-2-1-5-16/h3-4,7,18H,1-2,5-6,16H2. The zero-order chi connectivity index (χ0) is 13.6. The molecule has 0 aliphatic rings. The first-order valence-electron chi connectivity index (χ1n) is 5.54. The molecule has 0 amide bonds. The summed E-state index contributed by atoms with van der Waals surface area (Å²) in [6, 6.07) is 4.86. The number of unbranched alkanes of at least 4 members (excludes halogenated alkanes) is 1. The van der Waals surface area contributed by atoms with E-state index in [1.807, 2.05) is 0 Å². The van der Waals surface area contributed by atoms with Crippen LogP contribution in [-0.4, -0.2) is 13.1 Å². The average Bonchev–Trinajstić information content (AvgIpc) is 2.33. The maximum atomic E-state index is 12.4. The Balaban J connectivity index is 2.79. The van der Waals surface area contributed by atoms with E-state index in [0.717, 1.165) is 25.0 Å². The highest BCUT2D eigenvalue weighted by atomic mass is 19.4. The zero-order valence-corrected chi connectivity index (χ0v) is 9.72. The molecule has 0 heterocycles. The second-order valence-corrected chi connectivity index (χ2v) is 3.79. The topological polar surface area (TPSA) is 61.8 Å². The number of anilines is 1. The van der Waals surface area contributed by atoms with Crippen LogP contribution in [0.1, 0.15) is 24.0 Å². The number of halogens is 3. The van der Waals surface area contributed by atoms with Crippen LogP contribution >= 0.6 is 0 Å². The van der Waals surface area contributed by atoms with Crippen molar-refractivity contribution in [1.82, 2.24) is 0 Å². The van der Waals surface area contributed by atoms with E-state index in [0.29, 0.717) is 18.8 Å². The van der Waals surface area contributed by atoms with Gasteiger partial charge < -0.3 is 11.1 Å². The van der Waals surface area contributed by atoms with E-state index in [9.17, 15) is 13.2 Å². The van der Waals surface area contributed by atoms with Crippen LogP contribution in [0.25, 0.3) is 0 Å². The Labute approximate surface area is 103 Å². The summed E-state index contributed by atoms with van der Waals surface area (Å²) in [6.45, 7) is 1.15. The molecular formula is C12H14F3N3. The van der Waals surface area contributed by atoms with E-state index in [2.05, 4.69) is 5.32 Å². The SMILES string of the molecule is N#Cc1cc(C(F)(F)F)ccc1NCCCCN. The van der Waals surface area contributed by atoms with Crippen LogP contribution < -0.4 is 11.1 Å². The first-order valence-corrected chi connectivity index (χ1v) is 5.54. The van der Waals surface area contributed by atoms with Gasteiger partial charge in [0.2, 0.25) is 0 Å². The summed E-state index contributed by atoms with van der Waals surface area (Å²) in [7, 11) is 0. The van der Waals surface area contributed by atoms with Gasteiger partial charge in [-0.2, -0.15) is 18.4 Å². The third-order valence-corrected chi connectivity index (χ3v) is 2.41. The van der Waals surface area contributed by atoms with Gasteiger partial charge >= 0.3 is 6.18 Å². The Hall–Kier alpha value is -1.74. The van der Waals surface area contributed by atoms with Gasteiger partial charge in [-0.1, -0.05) is 0 Å². The minimum atomic E-state index is -4.43. The fourth-order valence-corrected chi connectivity index (χ4v) is 1.46. The number of nitrogens with zero attached hydrogens (tertiary/aromatic N) is 1. The van der Waals surface area contributed by atoms with Crippen LogP contribution in [0.2, 0.25) is 0 Å². The van der Waals surface area contributed by atoms with E-state index >= 15 is 0 Å². The molecule has 0 spiro atoms. The van der Waals surface area contributed by atoms with Crippen molar-refractivity contribution in [2.45, 2.75) is 19.0 Å². The monoisotopic (exact) mass is 257 g/mol. The van der Waals surface area contributed by atoms with Crippen molar-refractivity contribution in [3.05, 3.63) is 29.3 Å². The van der Waals surface area contributed by atoms with Crippen molar-refractivity contribution in [3.8, 4) is 6.07 Å². The fraction of sp³-hybridized carbons (Fsp3) is 0.417. The molecular weight excluding hydrogens is 243 g/mol. The van der Waals surface area contributed by atoms with Crippen molar-refractivity contribution in [3.63, 3.8) is 0 Å². The molecule has 0 atom stereocenters. The largest absolute Gasteiger partial charge is 0.416 e. The number of alkyl halides is 3. The second kappa shape index (κ2) is 6.26. The van der Waals surface area contributed by atoms with Gasteiger partial charge in [0, 0.05) is 6.54 Å². The van der Waals surface area contributed by atoms with E-state index < -0.39 is 11.7 Å². The second-order valence-electron chi connectivity index (χ2n) is 3.79. The molecule has 1 aromatic rings. The molecule has 3 nitrogen and oxygen atoms in total. The fourth-order valence-electron chi connectivity index (χ4n) is 1.46. The minimum Gasteiger partial charge on any atom is -0.384 e. The van der Waals surface area contributed by atoms with Crippen molar-refractivity contribution in [2.24, 2.45) is 5.73 Å². The zero-order valence-electron chi connectivity index (χ0n) is 9.72. The first kappa shape index (κ1) is 14.3. The molecule has 0 saturated heterocycles. The quantitative estimate of drug-likeness (QED) is 0.797. The van der Waals surface area contributed by atoms with Crippen molar-refractivity contribution >= 4 is 5.69 Å². The lowest BCUT2D eigenvalue weighted by Gasteiger charge is -2.11. The first-order chi connectivity index (χ1) is 8.49. The number of nitrogens with one attached hydrogen (secondary N) is 1. The molecule has 0 aliphatic carbocycles. The molecule has 0 fully saturated rings. The highest BCUT2D eigenvalue weighted by Crippen LogP contribution is 2.31. The van der Waals surface area contributed by atoms with Gasteiger partial charge in [-0.3, -0.25) is 0 Å². The van der Waals surface area contributed by atoms with Crippen LogP contribution in [0.15, 0.2) is 18.2 Å². The third-order valence-electron chi connectivity index (χ3n) is 2.41. The van der Waals surface area contributed by atoms with E-state index in [1.165, 1.54) is 6.07 Å². The van der Waals surface area contributed by atoms with Crippen LogP contribution in [0.3, 0.4) is 0 Å². The molecule has 98 valence electrons. The lowest BCUT2D eigenvalue weighted by Crippen LogP contribution is -2.09. The molecule has 0 aliphatic heterocycles. The van der Waals surface area contributed by atoms with Crippen molar-refractivity contribution in [2.75, 3.05) is 18.4 Å². The summed E-state index contributed by atoms with van der Waals surface area (Å²) in [5.74, 6) is 0. The summed E-state index contributed by atoms with van der Waals surface area (Å²) in [5, 5.41) is 11.8. The lowest BCUT2D eigenvalue weighted by molar-refractivity contribution is -0.137. The molecule has 18 heavy (non-hydrogen) atoms. The summed E-state index contributed by atoms with van der Waals surface area (Å²) in [5.41, 5.74) is 4.93. The smallest absolute Gasteiger partial charge is 0.384 e. The maximum Gasteiger partial charge on any atom is 0.416 e. The average molecular weight is 257 g/mol. The highest BCUT2D eigenvalue weighted by Gasteiger charge is 2.30. The van der Waals surface area contributed by atoms with Gasteiger partial charge in [0.25, 0.3) is 0 Å². The van der Waals surface area contributed by atoms with Gasteiger partial charge in [0.05, 0.1) is 16.8 Å². The Morgan fingerprint density at radius 1 is 1.28 bits per heavy atom. The van der Waals surface area contributed by atoms with Gasteiger partial charge in [-0.05, 0) is 37.6 Å². The third kappa shape index (κ3) is 3.93. The molecule has 0 bridgehead atoms. The predicted molar refractivity (Wildman–Crippen MR) is 62.9 cm³/mol. The molecule has 0 aromatic heterocycles. The van der Waals surface area contributed by atoms with E-state index in [1.54, 1.807) is 6.07 Å². The molecule has 0 radical (unpaired) electrons. The van der Waals surface area contributed by atoms with Gasteiger partial charge in [0.15, 0.2) is 0 Å². The summed E-state index contributed by atoms with van der Waals surface area (Å²) in [6.07, 6.45) is -2.79. The molecule has 1 aromatic carbocycles. The van der Waals surface area contributed by atoms with Crippen LogP contribution in [-0.2, 0) is 6.18 Å². The number of benzene rings is 1. The Morgan fingerprint density at radius 3 is 2.56 bits per heavy atom. The highest BCUT2D eigenvalue weighted by molar-refractivity contribution is 5.58. The lowest BCUT2D eigenvalue weighted by atomic mass is 10.1. The van der Waals surface area contributed by atoms with Crippen LogP contribution in [0.4, 0.5) is 18.9 Å². The Kier molecular flexibility index (Phi) is 4.98. The number of hydrogen-bond acceptors (Lipinski definition) is 3. The molecule has 3 N–H and O–H groups in total. The number of rotatable bonds is 5. The molecule has 0 unspecified atom stereocenters. The van der Waals surface area contributed by atoms with Crippen LogP contribution in [0.5, 0.6) is 0 Å². The van der Waals surface area contributed by atoms with Gasteiger partial charge in [0.1, 0.15) is 6.07 Å². The molecule has 6 heteroatoms. The number of hydrogen-bond donors (Lipinski definition) is 2. The number of nitrogens with two attached hydrogens (primary N) is 1. The minimum absolute atomic E-state index is 0.00225. The summed E-state index contributed by atoms with van der Waals surface area (Å²) >= 11 is 0. The summed E-state index contributed by atoms with van der Waals surface area (Å²) in [4.78, 5) is 0. The van der Waals surface area contributed by atoms with Crippen LogP contribution in [0, 0.1) is 11.3 Å².